The Labute approximate surface area is 81.7 Å². The normalized spacial score (nSPS) is 11.1. The molecule has 0 aliphatic carbocycles. The summed E-state index contributed by atoms with van der Waals surface area (Å²) in [7, 11) is 0. The topological polar surface area (TPSA) is 58.5 Å². The zero-order valence-corrected chi connectivity index (χ0v) is 7.51. The van der Waals surface area contributed by atoms with Crippen LogP contribution in [0.25, 0.3) is 0 Å². The van der Waals surface area contributed by atoms with E-state index in [1.165, 1.54) is 6.08 Å². The highest BCUT2D eigenvalue weighted by atomic mass is 16.1. The molecular weight excluding hydrogens is 180 g/mol. The number of hydrogen-bond acceptors (Lipinski definition) is 3. The number of nitrogens with one attached hydrogen (secondary N) is 1. The Hall–Kier alpha value is -1.93. The lowest BCUT2D eigenvalue weighted by molar-refractivity contribution is -0.110. The predicted octanol–water partition coefficient (Wildman–Crippen LogP) is 0.637. The van der Waals surface area contributed by atoms with Crippen molar-refractivity contribution in [3.63, 3.8) is 0 Å². The van der Waals surface area contributed by atoms with Gasteiger partial charge in [0.1, 0.15) is 6.17 Å². The standard InChI is InChI=1S/C10H10N2O2/c13-7-11-10(12-8-14)6-9-4-2-1-3-5-9/h1-5,7,10H,6H2,(H,11,13). The van der Waals surface area contributed by atoms with E-state index >= 15 is 0 Å². The Morgan fingerprint density at radius 2 is 2.14 bits per heavy atom. The van der Waals surface area contributed by atoms with Crippen LogP contribution >= 0.6 is 0 Å². The molecule has 1 aromatic carbocycles. The summed E-state index contributed by atoms with van der Waals surface area (Å²) in [6.45, 7) is 0. The van der Waals surface area contributed by atoms with E-state index in [9.17, 15) is 9.59 Å². The van der Waals surface area contributed by atoms with Crippen LogP contribution in [0, 0.1) is 0 Å². The Morgan fingerprint density at radius 3 is 2.71 bits per heavy atom. The number of hydrogen-bond donors (Lipinski definition) is 1. The fourth-order valence-corrected chi connectivity index (χ4v) is 1.12. The third-order valence-electron chi connectivity index (χ3n) is 1.74. The van der Waals surface area contributed by atoms with Gasteiger partial charge in [0.15, 0.2) is 0 Å². The van der Waals surface area contributed by atoms with Crippen molar-refractivity contribution in [2.75, 3.05) is 0 Å². The van der Waals surface area contributed by atoms with Gasteiger partial charge in [0, 0.05) is 6.42 Å². The summed E-state index contributed by atoms with van der Waals surface area (Å²) in [5.41, 5.74) is 1.01. The number of carbonyl (C=O) groups excluding carboxylic acids is 2. The number of carbonyl (C=O) groups is 1. The summed E-state index contributed by atoms with van der Waals surface area (Å²) in [4.78, 5) is 23.7. The third-order valence-corrected chi connectivity index (χ3v) is 1.74. The first-order chi connectivity index (χ1) is 6.86. The zero-order valence-electron chi connectivity index (χ0n) is 7.51. The van der Waals surface area contributed by atoms with Gasteiger partial charge in [0.2, 0.25) is 12.5 Å². The van der Waals surface area contributed by atoms with Gasteiger partial charge in [-0.05, 0) is 5.56 Å². The molecule has 4 heteroatoms. The van der Waals surface area contributed by atoms with Crippen LogP contribution in [-0.4, -0.2) is 18.7 Å². The first-order valence-electron chi connectivity index (χ1n) is 4.17. The van der Waals surface area contributed by atoms with Crippen molar-refractivity contribution < 1.29 is 9.59 Å². The summed E-state index contributed by atoms with van der Waals surface area (Å²) in [5, 5.41) is 2.42. The molecule has 1 rings (SSSR count). The molecule has 4 nitrogen and oxygen atoms in total. The van der Waals surface area contributed by atoms with E-state index in [1.54, 1.807) is 0 Å². The van der Waals surface area contributed by atoms with E-state index in [-0.39, 0.29) is 0 Å². The molecule has 0 fully saturated rings. The molecule has 0 bridgehead atoms. The van der Waals surface area contributed by atoms with Crippen molar-refractivity contribution in [2.24, 2.45) is 4.99 Å². The lowest BCUT2D eigenvalue weighted by Gasteiger charge is -2.08. The molecule has 1 atom stereocenters. The average Bonchev–Trinajstić information content (AvgIpc) is 2.20. The lowest BCUT2D eigenvalue weighted by atomic mass is 10.1. The minimum Gasteiger partial charge on any atom is -0.336 e. The fourth-order valence-electron chi connectivity index (χ4n) is 1.12. The Kier molecular flexibility index (Phi) is 4.11. The number of amides is 1. The van der Waals surface area contributed by atoms with Gasteiger partial charge in [0.05, 0.1) is 0 Å². The summed E-state index contributed by atoms with van der Waals surface area (Å²) >= 11 is 0. The van der Waals surface area contributed by atoms with Crippen LogP contribution in [0.2, 0.25) is 0 Å². The highest BCUT2D eigenvalue weighted by Gasteiger charge is 2.05. The van der Waals surface area contributed by atoms with Crippen molar-refractivity contribution in [3.8, 4) is 0 Å². The van der Waals surface area contributed by atoms with Gasteiger partial charge in [-0.25, -0.2) is 4.79 Å². The van der Waals surface area contributed by atoms with Crippen LogP contribution in [0.4, 0.5) is 0 Å². The molecule has 0 radical (unpaired) electrons. The second-order valence-corrected chi connectivity index (χ2v) is 2.71. The summed E-state index contributed by atoms with van der Waals surface area (Å²) in [5.74, 6) is 0. The smallest absolute Gasteiger partial charge is 0.237 e. The van der Waals surface area contributed by atoms with E-state index < -0.39 is 6.17 Å². The van der Waals surface area contributed by atoms with Crippen LogP contribution in [0.15, 0.2) is 35.3 Å². The monoisotopic (exact) mass is 190 g/mol. The van der Waals surface area contributed by atoms with Crippen LogP contribution < -0.4 is 5.32 Å². The van der Waals surface area contributed by atoms with Gasteiger partial charge in [0.25, 0.3) is 0 Å². The molecule has 0 aliphatic rings. The molecule has 1 amide bonds. The number of benzene rings is 1. The summed E-state index contributed by atoms with van der Waals surface area (Å²) in [6, 6.07) is 9.48. The molecule has 0 aliphatic heterocycles. The molecule has 0 spiro atoms. The molecule has 0 aromatic heterocycles. The van der Waals surface area contributed by atoms with Crippen molar-refractivity contribution >= 4 is 12.5 Å². The molecule has 14 heavy (non-hydrogen) atoms. The van der Waals surface area contributed by atoms with Gasteiger partial charge in [-0.3, -0.25) is 4.79 Å². The number of isocyanates is 1. The minimum atomic E-state index is -0.521. The molecule has 0 saturated heterocycles. The SMILES string of the molecule is O=C=NC(Cc1ccccc1)NC=O. The maximum atomic E-state index is 10.2. The number of aliphatic imine (C=N–C) groups is 1. The lowest BCUT2D eigenvalue weighted by Crippen LogP contribution is -2.27. The van der Waals surface area contributed by atoms with E-state index in [0.717, 1.165) is 5.56 Å². The highest BCUT2D eigenvalue weighted by molar-refractivity contribution is 5.47. The maximum Gasteiger partial charge on any atom is 0.237 e. The molecule has 72 valence electrons. The van der Waals surface area contributed by atoms with E-state index in [1.807, 2.05) is 30.3 Å². The fraction of sp³-hybridized carbons (Fsp3) is 0.200. The van der Waals surface area contributed by atoms with Crippen molar-refractivity contribution in [1.29, 1.82) is 0 Å². The summed E-state index contributed by atoms with van der Waals surface area (Å²) in [6.07, 6.45) is 1.92. The van der Waals surface area contributed by atoms with Gasteiger partial charge in [-0.1, -0.05) is 30.3 Å². The maximum absolute atomic E-state index is 10.2. The van der Waals surface area contributed by atoms with Crippen LogP contribution in [0.1, 0.15) is 5.56 Å². The molecule has 1 aromatic rings. The first-order valence-corrected chi connectivity index (χ1v) is 4.17. The highest BCUT2D eigenvalue weighted by Crippen LogP contribution is 2.02. The van der Waals surface area contributed by atoms with Gasteiger partial charge < -0.3 is 5.32 Å². The second kappa shape index (κ2) is 5.67. The Morgan fingerprint density at radius 1 is 1.43 bits per heavy atom. The van der Waals surface area contributed by atoms with Crippen molar-refractivity contribution in [1.82, 2.24) is 5.32 Å². The molecule has 1 unspecified atom stereocenters. The molecule has 0 heterocycles. The minimum absolute atomic E-state index is 0.495. The van der Waals surface area contributed by atoms with Crippen LogP contribution in [0.3, 0.4) is 0 Å². The van der Waals surface area contributed by atoms with Gasteiger partial charge in [-0.15, -0.1) is 0 Å². The van der Waals surface area contributed by atoms with Gasteiger partial charge >= 0.3 is 0 Å². The second-order valence-electron chi connectivity index (χ2n) is 2.71. The van der Waals surface area contributed by atoms with Crippen LogP contribution in [0.5, 0.6) is 0 Å². The average molecular weight is 190 g/mol. The van der Waals surface area contributed by atoms with E-state index in [4.69, 9.17) is 0 Å². The first kappa shape index (κ1) is 10.2. The van der Waals surface area contributed by atoms with Gasteiger partial charge in [-0.2, -0.15) is 4.99 Å². The molecule has 1 N–H and O–H groups in total. The predicted molar refractivity (Wildman–Crippen MR) is 51.3 cm³/mol. The summed E-state index contributed by atoms with van der Waals surface area (Å²) < 4.78 is 0. The number of rotatable bonds is 5. The van der Waals surface area contributed by atoms with E-state index in [0.29, 0.717) is 12.8 Å². The quantitative estimate of drug-likeness (QED) is 0.420. The number of nitrogens with zero attached hydrogens (tertiary/aromatic N) is 1. The Bertz CT molecular complexity index is 331. The molecular formula is C10H10N2O2. The van der Waals surface area contributed by atoms with E-state index in [2.05, 4.69) is 10.3 Å². The molecule has 0 saturated carbocycles. The van der Waals surface area contributed by atoms with Crippen molar-refractivity contribution in [2.45, 2.75) is 12.6 Å². The van der Waals surface area contributed by atoms with Crippen molar-refractivity contribution in [3.05, 3.63) is 35.9 Å². The Balaban J connectivity index is 2.64. The largest absolute Gasteiger partial charge is 0.336 e. The third kappa shape index (κ3) is 3.21. The zero-order chi connectivity index (χ0) is 10.2. The van der Waals surface area contributed by atoms with Crippen LogP contribution in [-0.2, 0) is 16.0 Å².